The number of guanidine groups is 1. The van der Waals surface area contributed by atoms with Gasteiger partial charge in [-0.3, -0.25) is 9.89 Å². The Hall–Kier alpha value is -0.860. The molecule has 154 valence electrons. The average molecular weight is 487 g/mol. The van der Waals surface area contributed by atoms with Gasteiger partial charge in [-0.2, -0.15) is 0 Å². The van der Waals surface area contributed by atoms with Gasteiger partial charge in [-0.1, -0.05) is 29.8 Å². The van der Waals surface area contributed by atoms with Crippen LogP contribution in [0.25, 0.3) is 0 Å². The van der Waals surface area contributed by atoms with Gasteiger partial charge in [0, 0.05) is 51.4 Å². The minimum absolute atomic E-state index is 0. The number of aliphatic imine (C=N–C) groups is 1. The smallest absolute Gasteiger partial charge is 0.191 e. The highest BCUT2D eigenvalue weighted by Crippen LogP contribution is 2.14. The molecule has 5 nitrogen and oxygen atoms in total. The first-order valence-electron chi connectivity index (χ1n) is 9.86. The van der Waals surface area contributed by atoms with E-state index in [-0.39, 0.29) is 29.5 Å². The average Bonchev–Trinajstić information content (AvgIpc) is 2.58. The van der Waals surface area contributed by atoms with Crippen molar-refractivity contribution in [2.45, 2.75) is 58.7 Å². The standard InChI is InChI=1S/C21H37N5.HI/c1-17-7-6-8-18(15-17)16-26-13-9-19(10-14-26)25-20(22-5)23-11-12-24-21(2,3)4;/h6-8,15,19,24H,9-14,16H2,1-5H3,(H2,22,23,25);1H. The number of rotatable bonds is 6. The molecule has 0 radical (unpaired) electrons. The zero-order valence-corrected chi connectivity index (χ0v) is 20.0. The minimum Gasteiger partial charge on any atom is -0.355 e. The van der Waals surface area contributed by atoms with E-state index in [0.717, 1.165) is 51.5 Å². The van der Waals surface area contributed by atoms with Crippen LogP contribution >= 0.6 is 24.0 Å². The molecule has 0 amide bonds. The molecule has 0 saturated carbocycles. The first-order chi connectivity index (χ1) is 12.4. The molecule has 3 N–H and O–H groups in total. The first-order valence-corrected chi connectivity index (χ1v) is 9.86. The van der Waals surface area contributed by atoms with Crippen LogP contribution in [0.2, 0.25) is 0 Å². The van der Waals surface area contributed by atoms with Crippen LogP contribution in [0.1, 0.15) is 44.7 Å². The van der Waals surface area contributed by atoms with E-state index in [1.54, 1.807) is 0 Å². The van der Waals surface area contributed by atoms with Gasteiger partial charge in [0.15, 0.2) is 5.96 Å². The summed E-state index contributed by atoms with van der Waals surface area (Å²) in [5.41, 5.74) is 2.91. The van der Waals surface area contributed by atoms with Crippen molar-refractivity contribution in [3.63, 3.8) is 0 Å². The van der Waals surface area contributed by atoms with E-state index in [2.05, 4.69) is 77.8 Å². The SMILES string of the molecule is CN=C(NCCNC(C)(C)C)NC1CCN(Cc2cccc(C)c2)CC1.I. The Morgan fingerprint density at radius 1 is 1.19 bits per heavy atom. The van der Waals surface area contributed by atoms with Crippen LogP contribution in [0.3, 0.4) is 0 Å². The summed E-state index contributed by atoms with van der Waals surface area (Å²) in [6.45, 7) is 13.8. The first kappa shape index (κ1) is 24.2. The van der Waals surface area contributed by atoms with E-state index in [9.17, 15) is 0 Å². The minimum atomic E-state index is 0. The van der Waals surface area contributed by atoms with Crippen LogP contribution in [0.4, 0.5) is 0 Å². The predicted molar refractivity (Wildman–Crippen MR) is 127 cm³/mol. The number of nitrogens with one attached hydrogen (secondary N) is 3. The van der Waals surface area contributed by atoms with E-state index in [0.29, 0.717) is 6.04 Å². The van der Waals surface area contributed by atoms with Crippen LogP contribution < -0.4 is 16.0 Å². The van der Waals surface area contributed by atoms with Crippen molar-refractivity contribution < 1.29 is 0 Å². The summed E-state index contributed by atoms with van der Waals surface area (Å²) in [5.74, 6) is 0.915. The highest BCUT2D eigenvalue weighted by Gasteiger charge is 2.20. The Bertz CT molecular complexity index is 574. The largest absolute Gasteiger partial charge is 0.355 e. The van der Waals surface area contributed by atoms with Gasteiger partial charge in [0.05, 0.1) is 0 Å². The third-order valence-electron chi connectivity index (χ3n) is 4.71. The number of hydrogen-bond donors (Lipinski definition) is 3. The number of hydrogen-bond acceptors (Lipinski definition) is 3. The van der Waals surface area contributed by atoms with Crippen molar-refractivity contribution >= 4 is 29.9 Å². The van der Waals surface area contributed by atoms with Gasteiger partial charge >= 0.3 is 0 Å². The van der Waals surface area contributed by atoms with E-state index in [1.165, 1.54) is 11.1 Å². The molecule has 2 rings (SSSR count). The van der Waals surface area contributed by atoms with Crippen LogP contribution in [0.5, 0.6) is 0 Å². The second-order valence-electron chi connectivity index (χ2n) is 8.36. The van der Waals surface area contributed by atoms with E-state index in [1.807, 2.05) is 7.05 Å². The van der Waals surface area contributed by atoms with Crippen LogP contribution in [-0.2, 0) is 6.54 Å². The molecule has 27 heavy (non-hydrogen) atoms. The lowest BCUT2D eigenvalue weighted by Crippen LogP contribution is -2.50. The number of halogens is 1. The topological polar surface area (TPSA) is 51.7 Å². The van der Waals surface area contributed by atoms with Crippen molar-refractivity contribution in [3.05, 3.63) is 35.4 Å². The highest BCUT2D eigenvalue weighted by atomic mass is 127. The predicted octanol–water partition coefficient (Wildman–Crippen LogP) is 3.13. The maximum Gasteiger partial charge on any atom is 0.191 e. The van der Waals surface area contributed by atoms with Crippen molar-refractivity contribution in [1.29, 1.82) is 0 Å². The zero-order chi connectivity index (χ0) is 19.0. The maximum absolute atomic E-state index is 4.37. The second kappa shape index (κ2) is 11.9. The molecule has 0 aromatic heterocycles. The van der Waals surface area contributed by atoms with Gasteiger partial charge < -0.3 is 16.0 Å². The molecule has 0 aliphatic carbocycles. The summed E-state index contributed by atoms with van der Waals surface area (Å²) >= 11 is 0. The fourth-order valence-electron chi connectivity index (χ4n) is 3.31. The van der Waals surface area contributed by atoms with Crippen molar-refractivity contribution in [3.8, 4) is 0 Å². The van der Waals surface area contributed by atoms with Gasteiger partial charge in [0.1, 0.15) is 0 Å². The number of nitrogens with zero attached hydrogens (tertiary/aromatic N) is 2. The fourth-order valence-corrected chi connectivity index (χ4v) is 3.31. The molecule has 1 fully saturated rings. The van der Waals surface area contributed by atoms with Crippen molar-refractivity contribution in [2.75, 3.05) is 33.2 Å². The van der Waals surface area contributed by atoms with Gasteiger partial charge in [-0.15, -0.1) is 24.0 Å². The number of aryl methyl sites for hydroxylation is 1. The normalized spacial score (nSPS) is 16.7. The summed E-state index contributed by atoms with van der Waals surface area (Å²) in [6, 6.07) is 9.35. The highest BCUT2D eigenvalue weighted by molar-refractivity contribution is 14.0. The molecule has 1 aromatic carbocycles. The lowest BCUT2D eigenvalue weighted by atomic mass is 10.0. The van der Waals surface area contributed by atoms with Gasteiger partial charge in [0.2, 0.25) is 0 Å². The summed E-state index contributed by atoms with van der Waals surface area (Å²) in [4.78, 5) is 6.92. The summed E-state index contributed by atoms with van der Waals surface area (Å²) in [6.07, 6.45) is 2.32. The molecule has 1 aliphatic rings. The van der Waals surface area contributed by atoms with Gasteiger partial charge in [-0.05, 0) is 46.1 Å². The molecule has 0 spiro atoms. The van der Waals surface area contributed by atoms with Crippen molar-refractivity contribution in [1.82, 2.24) is 20.9 Å². The molecular weight excluding hydrogens is 449 g/mol. The monoisotopic (exact) mass is 487 g/mol. The quantitative estimate of drug-likeness (QED) is 0.250. The Morgan fingerprint density at radius 3 is 2.48 bits per heavy atom. The third-order valence-corrected chi connectivity index (χ3v) is 4.71. The lowest BCUT2D eigenvalue weighted by Gasteiger charge is -2.33. The van der Waals surface area contributed by atoms with Crippen LogP contribution in [0, 0.1) is 6.92 Å². The number of benzene rings is 1. The zero-order valence-electron chi connectivity index (χ0n) is 17.6. The Morgan fingerprint density at radius 2 is 1.89 bits per heavy atom. The summed E-state index contributed by atoms with van der Waals surface area (Å²) < 4.78 is 0. The Balaban J connectivity index is 0.00000364. The fraction of sp³-hybridized carbons (Fsp3) is 0.667. The molecule has 1 saturated heterocycles. The number of likely N-dealkylation sites (tertiary alicyclic amines) is 1. The molecule has 1 aromatic rings. The molecule has 6 heteroatoms. The van der Waals surface area contributed by atoms with Crippen LogP contribution in [0.15, 0.2) is 29.3 Å². The van der Waals surface area contributed by atoms with Crippen molar-refractivity contribution in [2.24, 2.45) is 4.99 Å². The molecule has 0 bridgehead atoms. The molecule has 1 aliphatic heterocycles. The third kappa shape index (κ3) is 9.76. The van der Waals surface area contributed by atoms with E-state index in [4.69, 9.17) is 0 Å². The van der Waals surface area contributed by atoms with E-state index < -0.39 is 0 Å². The Labute approximate surface area is 182 Å². The second-order valence-corrected chi connectivity index (χ2v) is 8.36. The number of piperidine rings is 1. The molecule has 1 heterocycles. The summed E-state index contributed by atoms with van der Waals surface area (Å²) in [5, 5.41) is 10.5. The van der Waals surface area contributed by atoms with Gasteiger partial charge in [0.25, 0.3) is 0 Å². The van der Waals surface area contributed by atoms with Crippen LogP contribution in [-0.4, -0.2) is 55.7 Å². The Kier molecular flexibility index (Phi) is 10.6. The maximum atomic E-state index is 4.37. The molecule has 0 unspecified atom stereocenters. The molecule has 0 atom stereocenters. The lowest BCUT2D eigenvalue weighted by molar-refractivity contribution is 0.198. The van der Waals surface area contributed by atoms with Gasteiger partial charge in [-0.25, -0.2) is 0 Å². The van der Waals surface area contributed by atoms with E-state index >= 15 is 0 Å². The molecular formula is C21H38IN5. The summed E-state index contributed by atoms with van der Waals surface area (Å²) in [7, 11) is 1.85.